The van der Waals surface area contributed by atoms with Gasteiger partial charge < -0.3 is 20.1 Å². The molecule has 2 rings (SSSR count). The normalized spacial score (nSPS) is 22.5. The van der Waals surface area contributed by atoms with Gasteiger partial charge in [-0.3, -0.25) is 9.00 Å². The standard InChI is InChI=1S/C23H30O6S/c1-30(28)21-17-23(27,14-5-6-16-29-19-11-3-2-4-12-19)20(22(21)26)13-7-9-18(25)10-8-15-24/h2-4,7,9,11-13,17-18,24-25,27H,5-6,8,10,14-16H2,1H3. The van der Waals surface area contributed by atoms with Gasteiger partial charge in [0.15, 0.2) is 0 Å². The lowest BCUT2D eigenvalue weighted by Crippen LogP contribution is -2.28. The molecule has 0 aromatic heterocycles. The van der Waals surface area contributed by atoms with E-state index in [1.165, 1.54) is 30.6 Å². The number of carbonyl (C=O) groups is 1. The van der Waals surface area contributed by atoms with E-state index >= 15 is 0 Å². The Kier molecular flexibility index (Phi) is 9.65. The molecule has 0 spiro atoms. The molecule has 0 amide bonds. The minimum Gasteiger partial charge on any atom is -0.494 e. The Labute approximate surface area is 180 Å². The third-order valence-electron chi connectivity index (χ3n) is 4.83. The number of allylic oxidation sites excluding steroid dienone is 3. The van der Waals surface area contributed by atoms with Gasteiger partial charge in [-0.1, -0.05) is 36.4 Å². The van der Waals surface area contributed by atoms with E-state index in [0.29, 0.717) is 38.7 Å². The maximum atomic E-state index is 12.6. The monoisotopic (exact) mass is 434 g/mol. The topological polar surface area (TPSA) is 104 Å². The summed E-state index contributed by atoms with van der Waals surface area (Å²) in [5, 5.41) is 29.7. The number of carbonyl (C=O) groups excluding carboxylic acids is 1. The van der Waals surface area contributed by atoms with Gasteiger partial charge in [0.1, 0.15) is 11.4 Å². The maximum Gasteiger partial charge on any atom is 0.200 e. The largest absolute Gasteiger partial charge is 0.494 e. The minimum absolute atomic E-state index is 0.00614. The highest BCUT2D eigenvalue weighted by atomic mass is 32.2. The molecule has 1 aromatic carbocycles. The summed E-state index contributed by atoms with van der Waals surface area (Å²) in [6.07, 6.45) is 9.02. The molecule has 1 aliphatic carbocycles. The van der Waals surface area contributed by atoms with Gasteiger partial charge in [-0.25, -0.2) is 0 Å². The van der Waals surface area contributed by atoms with Crippen LogP contribution in [0.3, 0.4) is 0 Å². The van der Waals surface area contributed by atoms with Gasteiger partial charge in [0.05, 0.1) is 28.4 Å². The molecule has 0 fully saturated rings. The lowest BCUT2D eigenvalue weighted by Gasteiger charge is -2.22. The predicted octanol–water partition coefficient (Wildman–Crippen LogP) is 2.43. The first-order chi connectivity index (χ1) is 14.4. The molecule has 3 atom stereocenters. The molecule has 164 valence electrons. The maximum absolute atomic E-state index is 12.6. The Morgan fingerprint density at radius 2 is 1.93 bits per heavy atom. The molecular weight excluding hydrogens is 404 g/mol. The van der Waals surface area contributed by atoms with Crippen molar-refractivity contribution < 1.29 is 29.1 Å². The van der Waals surface area contributed by atoms with E-state index in [9.17, 15) is 19.2 Å². The second-order valence-electron chi connectivity index (χ2n) is 7.23. The zero-order valence-corrected chi connectivity index (χ0v) is 18.0. The quantitative estimate of drug-likeness (QED) is 0.345. The molecule has 1 aliphatic rings. The fourth-order valence-electron chi connectivity index (χ4n) is 3.21. The molecule has 3 unspecified atom stereocenters. The van der Waals surface area contributed by atoms with Crippen molar-refractivity contribution in [1.82, 2.24) is 0 Å². The molecule has 0 bridgehead atoms. The number of aliphatic hydroxyl groups is 3. The van der Waals surface area contributed by atoms with Crippen molar-refractivity contribution in [2.45, 2.75) is 43.8 Å². The summed E-state index contributed by atoms with van der Waals surface area (Å²) in [5.74, 6) is 0.342. The van der Waals surface area contributed by atoms with Crippen LogP contribution in [0.4, 0.5) is 0 Å². The van der Waals surface area contributed by atoms with Gasteiger partial charge in [-0.05, 0) is 50.3 Å². The molecule has 0 radical (unpaired) electrons. The number of ether oxygens (including phenoxy) is 1. The van der Waals surface area contributed by atoms with Crippen LogP contribution in [0, 0.1) is 0 Å². The highest BCUT2D eigenvalue weighted by molar-refractivity contribution is 7.89. The Balaban J connectivity index is 2.00. The third kappa shape index (κ3) is 7.02. The van der Waals surface area contributed by atoms with E-state index in [1.807, 2.05) is 30.3 Å². The molecule has 0 saturated carbocycles. The lowest BCUT2D eigenvalue weighted by atomic mass is 9.90. The van der Waals surface area contributed by atoms with E-state index in [-0.39, 0.29) is 17.1 Å². The summed E-state index contributed by atoms with van der Waals surface area (Å²) < 4.78 is 17.6. The average Bonchev–Trinajstić information content (AvgIpc) is 2.98. The number of unbranched alkanes of at least 4 members (excludes halogenated alkanes) is 1. The van der Waals surface area contributed by atoms with Crippen molar-refractivity contribution in [3.05, 3.63) is 65.1 Å². The summed E-state index contributed by atoms with van der Waals surface area (Å²) in [5.41, 5.74) is -1.34. The average molecular weight is 435 g/mol. The summed E-state index contributed by atoms with van der Waals surface area (Å²) >= 11 is 0. The molecule has 1 aromatic rings. The first kappa shape index (κ1) is 24.2. The molecule has 6 nitrogen and oxygen atoms in total. The van der Waals surface area contributed by atoms with Crippen LogP contribution in [-0.2, 0) is 15.6 Å². The highest BCUT2D eigenvalue weighted by Crippen LogP contribution is 2.36. The summed E-state index contributed by atoms with van der Waals surface area (Å²) in [6, 6.07) is 9.44. The SMILES string of the molecule is CS(=O)C1=CC(O)(CCCCOc2ccccc2)C(=CC=CC(O)CCCO)C1=O. The van der Waals surface area contributed by atoms with E-state index in [4.69, 9.17) is 9.84 Å². The van der Waals surface area contributed by atoms with Crippen molar-refractivity contribution in [1.29, 1.82) is 0 Å². The number of Topliss-reactive ketones (excluding diaryl/α,β-unsaturated/α-hetero) is 1. The summed E-state index contributed by atoms with van der Waals surface area (Å²) in [7, 11) is -1.51. The molecule has 30 heavy (non-hydrogen) atoms. The van der Waals surface area contributed by atoms with Crippen LogP contribution in [0.1, 0.15) is 32.1 Å². The number of rotatable bonds is 12. The van der Waals surface area contributed by atoms with Gasteiger partial charge in [0.25, 0.3) is 0 Å². The van der Waals surface area contributed by atoms with Crippen LogP contribution < -0.4 is 4.74 Å². The zero-order chi connectivity index (χ0) is 22.0. The highest BCUT2D eigenvalue weighted by Gasteiger charge is 2.42. The van der Waals surface area contributed by atoms with E-state index in [0.717, 1.165) is 5.75 Å². The van der Waals surface area contributed by atoms with Crippen molar-refractivity contribution >= 4 is 16.6 Å². The van der Waals surface area contributed by atoms with Crippen LogP contribution in [0.5, 0.6) is 5.75 Å². The van der Waals surface area contributed by atoms with Crippen LogP contribution in [0.25, 0.3) is 0 Å². The smallest absolute Gasteiger partial charge is 0.200 e. The molecule has 0 heterocycles. The van der Waals surface area contributed by atoms with Gasteiger partial charge in [-0.15, -0.1) is 0 Å². The van der Waals surface area contributed by atoms with E-state index in [2.05, 4.69) is 0 Å². The molecule has 3 N–H and O–H groups in total. The number of hydrogen-bond donors (Lipinski definition) is 3. The fourth-order valence-corrected chi connectivity index (χ4v) is 3.94. The van der Waals surface area contributed by atoms with Gasteiger partial charge >= 0.3 is 0 Å². The van der Waals surface area contributed by atoms with Gasteiger partial charge in [-0.2, -0.15) is 0 Å². The van der Waals surface area contributed by atoms with E-state index in [1.54, 1.807) is 0 Å². The molecule has 7 heteroatoms. The minimum atomic E-state index is -1.51. The number of hydrogen-bond acceptors (Lipinski definition) is 6. The number of para-hydroxylation sites is 1. The second kappa shape index (κ2) is 12.0. The van der Waals surface area contributed by atoms with Crippen LogP contribution in [0.2, 0.25) is 0 Å². The number of aliphatic hydroxyl groups excluding tert-OH is 2. The van der Waals surface area contributed by atoms with Crippen LogP contribution in [-0.4, -0.2) is 56.5 Å². The second-order valence-corrected chi connectivity index (χ2v) is 8.58. The first-order valence-electron chi connectivity index (χ1n) is 10.1. The van der Waals surface area contributed by atoms with Gasteiger partial charge in [0.2, 0.25) is 5.78 Å². The van der Waals surface area contributed by atoms with Crippen LogP contribution >= 0.6 is 0 Å². The van der Waals surface area contributed by atoms with Gasteiger partial charge in [0, 0.05) is 18.4 Å². The first-order valence-corrected chi connectivity index (χ1v) is 11.6. The zero-order valence-electron chi connectivity index (χ0n) is 17.2. The summed E-state index contributed by atoms with van der Waals surface area (Å²) in [4.78, 5) is 12.7. The third-order valence-corrected chi connectivity index (χ3v) is 5.76. The predicted molar refractivity (Wildman–Crippen MR) is 117 cm³/mol. The Morgan fingerprint density at radius 1 is 1.20 bits per heavy atom. The number of benzene rings is 1. The Hall–Kier alpha value is -2.06. The van der Waals surface area contributed by atoms with Crippen molar-refractivity contribution in [2.24, 2.45) is 0 Å². The lowest BCUT2D eigenvalue weighted by molar-refractivity contribution is -0.112. The molecule has 0 saturated heterocycles. The van der Waals surface area contributed by atoms with Crippen molar-refractivity contribution in [2.75, 3.05) is 19.5 Å². The van der Waals surface area contributed by atoms with Crippen LogP contribution in [0.15, 0.2) is 65.1 Å². The fraction of sp³-hybridized carbons (Fsp3) is 0.435. The van der Waals surface area contributed by atoms with Crippen molar-refractivity contribution in [3.63, 3.8) is 0 Å². The van der Waals surface area contributed by atoms with E-state index < -0.39 is 28.3 Å². The van der Waals surface area contributed by atoms with Crippen molar-refractivity contribution in [3.8, 4) is 5.75 Å². The Morgan fingerprint density at radius 3 is 2.60 bits per heavy atom. The molecule has 0 aliphatic heterocycles. The summed E-state index contributed by atoms with van der Waals surface area (Å²) in [6.45, 7) is 0.480. The Bertz CT molecular complexity index is 814. The number of ketones is 1. The molecular formula is C23H30O6S.